The molecule has 2 aliphatic rings. The van der Waals surface area contributed by atoms with E-state index in [1.807, 2.05) is 6.92 Å². The molecule has 0 aliphatic carbocycles. The number of hydrogen-bond donors (Lipinski definition) is 2. The summed E-state index contributed by atoms with van der Waals surface area (Å²) in [5.74, 6) is 0.890. The Morgan fingerprint density at radius 3 is 2.78 bits per heavy atom. The zero-order valence-electron chi connectivity index (χ0n) is 11.4. The standard InChI is InChI=1S/C12H25N3O2S/c1-10-4-3-7-15(9-10)18(16,17)14-11(2)12-5-6-13-8-12/h10-14H,3-9H2,1-2H3. The molecule has 5 nitrogen and oxygen atoms in total. The fourth-order valence-electron chi connectivity index (χ4n) is 2.87. The molecule has 18 heavy (non-hydrogen) atoms. The van der Waals surface area contributed by atoms with Crippen LogP contribution in [0.3, 0.4) is 0 Å². The van der Waals surface area contributed by atoms with Crippen LogP contribution in [0.25, 0.3) is 0 Å². The van der Waals surface area contributed by atoms with Gasteiger partial charge in [-0.3, -0.25) is 0 Å². The van der Waals surface area contributed by atoms with Crippen molar-refractivity contribution in [2.24, 2.45) is 11.8 Å². The van der Waals surface area contributed by atoms with E-state index in [0.717, 1.165) is 32.4 Å². The van der Waals surface area contributed by atoms with Crippen molar-refractivity contribution >= 4 is 10.2 Å². The molecule has 0 aromatic rings. The Morgan fingerprint density at radius 2 is 2.17 bits per heavy atom. The summed E-state index contributed by atoms with van der Waals surface area (Å²) in [6.07, 6.45) is 3.16. The monoisotopic (exact) mass is 275 g/mol. The van der Waals surface area contributed by atoms with Gasteiger partial charge in [-0.2, -0.15) is 17.4 Å². The molecule has 0 aromatic carbocycles. The summed E-state index contributed by atoms with van der Waals surface area (Å²) in [5.41, 5.74) is 0. The van der Waals surface area contributed by atoms with Gasteiger partial charge in [-0.05, 0) is 51.1 Å². The zero-order valence-corrected chi connectivity index (χ0v) is 12.2. The lowest BCUT2D eigenvalue weighted by Gasteiger charge is -2.32. The molecule has 0 aromatic heterocycles. The van der Waals surface area contributed by atoms with Crippen LogP contribution in [-0.4, -0.2) is 44.9 Å². The molecule has 2 N–H and O–H groups in total. The lowest BCUT2D eigenvalue weighted by atomic mass is 10.0. The number of rotatable bonds is 4. The van der Waals surface area contributed by atoms with Crippen LogP contribution < -0.4 is 10.0 Å². The van der Waals surface area contributed by atoms with Crippen LogP contribution in [0.4, 0.5) is 0 Å². The highest BCUT2D eigenvalue weighted by atomic mass is 32.2. The molecule has 2 saturated heterocycles. The molecule has 0 amide bonds. The number of nitrogens with zero attached hydrogens (tertiary/aromatic N) is 1. The van der Waals surface area contributed by atoms with Gasteiger partial charge in [-0.15, -0.1) is 0 Å². The lowest BCUT2D eigenvalue weighted by Crippen LogP contribution is -2.49. The van der Waals surface area contributed by atoms with Gasteiger partial charge in [0.1, 0.15) is 0 Å². The maximum Gasteiger partial charge on any atom is 0.279 e. The second kappa shape index (κ2) is 5.86. The van der Waals surface area contributed by atoms with Gasteiger partial charge in [0, 0.05) is 19.1 Å². The van der Waals surface area contributed by atoms with Crippen LogP contribution in [-0.2, 0) is 10.2 Å². The first-order valence-electron chi connectivity index (χ1n) is 6.97. The third kappa shape index (κ3) is 3.44. The minimum atomic E-state index is -3.30. The molecule has 2 rings (SSSR count). The van der Waals surface area contributed by atoms with Crippen LogP contribution in [0.5, 0.6) is 0 Å². The third-order valence-electron chi connectivity index (χ3n) is 4.10. The van der Waals surface area contributed by atoms with Crippen molar-refractivity contribution in [1.82, 2.24) is 14.3 Å². The van der Waals surface area contributed by atoms with Gasteiger partial charge in [0.2, 0.25) is 0 Å². The van der Waals surface area contributed by atoms with E-state index in [-0.39, 0.29) is 6.04 Å². The molecule has 2 aliphatic heterocycles. The molecule has 2 heterocycles. The van der Waals surface area contributed by atoms with Crippen LogP contribution >= 0.6 is 0 Å². The fraction of sp³-hybridized carbons (Fsp3) is 1.00. The molecule has 0 saturated carbocycles. The first kappa shape index (κ1) is 14.2. The van der Waals surface area contributed by atoms with Gasteiger partial charge in [-0.1, -0.05) is 6.92 Å². The summed E-state index contributed by atoms with van der Waals surface area (Å²) < 4.78 is 29.0. The topological polar surface area (TPSA) is 61.4 Å². The first-order chi connectivity index (χ1) is 8.49. The quantitative estimate of drug-likeness (QED) is 0.788. The highest BCUT2D eigenvalue weighted by molar-refractivity contribution is 7.87. The highest BCUT2D eigenvalue weighted by Gasteiger charge is 2.31. The molecule has 2 fully saturated rings. The summed E-state index contributed by atoms with van der Waals surface area (Å²) >= 11 is 0. The molecule has 3 unspecified atom stereocenters. The van der Waals surface area contributed by atoms with Crippen LogP contribution in [0.15, 0.2) is 0 Å². The molecule has 3 atom stereocenters. The third-order valence-corrected chi connectivity index (χ3v) is 5.78. The van der Waals surface area contributed by atoms with Crippen LogP contribution in [0.1, 0.15) is 33.1 Å². The first-order valence-corrected chi connectivity index (χ1v) is 8.41. The highest BCUT2D eigenvalue weighted by Crippen LogP contribution is 2.19. The number of nitrogens with one attached hydrogen (secondary N) is 2. The van der Waals surface area contributed by atoms with E-state index in [1.165, 1.54) is 0 Å². The van der Waals surface area contributed by atoms with Crippen molar-refractivity contribution in [2.45, 2.75) is 39.2 Å². The Hall–Kier alpha value is -0.170. The molecule has 6 heteroatoms. The van der Waals surface area contributed by atoms with Crippen molar-refractivity contribution in [2.75, 3.05) is 26.2 Å². The van der Waals surface area contributed by atoms with Gasteiger partial charge in [0.05, 0.1) is 0 Å². The molecule has 0 spiro atoms. The molecule has 106 valence electrons. The summed E-state index contributed by atoms with van der Waals surface area (Å²) in [5, 5.41) is 3.28. The van der Waals surface area contributed by atoms with E-state index in [2.05, 4.69) is 17.0 Å². The average Bonchev–Trinajstić information content (AvgIpc) is 2.82. The number of piperidine rings is 1. The maximum absolute atomic E-state index is 12.3. The van der Waals surface area contributed by atoms with Crippen molar-refractivity contribution in [3.8, 4) is 0 Å². The Morgan fingerprint density at radius 1 is 1.39 bits per heavy atom. The van der Waals surface area contributed by atoms with Gasteiger partial charge in [-0.25, -0.2) is 0 Å². The number of hydrogen-bond acceptors (Lipinski definition) is 3. The second-order valence-corrected chi connectivity index (χ2v) is 7.47. The SMILES string of the molecule is CC1CCCN(S(=O)(=O)NC(C)C2CCNC2)C1. The minimum Gasteiger partial charge on any atom is -0.316 e. The smallest absolute Gasteiger partial charge is 0.279 e. The Balaban J connectivity index is 1.93. The summed E-state index contributed by atoms with van der Waals surface area (Å²) in [4.78, 5) is 0. The van der Waals surface area contributed by atoms with E-state index in [9.17, 15) is 8.42 Å². The van der Waals surface area contributed by atoms with Crippen molar-refractivity contribution < 1.29 is 8.42 Å². The molecular formula is C12H25N3O2S. The van der Waals surface area contributed by atoms with Crippen LogP contribution in [0, 0.1) is 11.8 Å². The van der Waals surface area contributed by atoms with Crippen LogP contribution in [0.2, 0.25) is 0 Å². The summed E-state index contributed by atoms with van der Waals surface area (Å²) in [6, 6.07) is 0.0160. The van der Waals surface area contributed by atoms with Crippen molar-refractivity contribution in [3.05, 3.63) is 0 Å². The normalized spacial score (nSPS) is 32.6. The second-order valence-electron chi connectivity index (χ2n) is 5.77. The van der Waals surface area contributed by atoms with E-state index in [4.69, 9.17) is 0 Å². The molecule has 0 bridgehead atoms. The fourth-order valence-corrected chi connectivity index (χ4v) is 4.51. The zero-order chi connectivity index (χ0) is 13.2. The Bertz CT molecular complexity index is 366. The summed E-state index contributed by atoms with van der Waals surface area (Å²) in [6.45, 7) is 7.33. The predicted octanol–water partition coefficient (Wildman–Crippen LogP) is 0.551. The predicted molar refractivity (Wildman–Crippen MR) is 72.5 cm³/mol. The minimum absolute atomic E-state index is 0.0160. The Labute approximate surface area is 110 Å². The molecule has 0 radical (unpaired) electrons. The van der Waals surface area contributed by atoms with Crippen molar-refractivity contribution in [1.29, 1.82) is 0 Å². The van der Waals surface area contributed by atoms with E-state index in [1.54, 1.807) is 4.31 Å². The average molecular weight is 275 g/mol. The molecular weight excluding hydrogens is 250 g/mol. The lowest BCUT2D eigenvalue weighted by molar-refractivity contribution is 0.274. The maximum atomic E-state index is 12.3. The van der Waals surface area contributed by atoms with E-state index in [0.29, 0.717) is 24.9 Å². The van der Waals surface area contributed by atoms with Crippen molar-refractivity contribution in [3.63, 3.8) is 0 Å². The van der Waals surface area contributed by atoms with E-state index < -0.39 is 10.2 Å². The summed E-state index contributed by atoms with van der Waals surface area (Å²) in [7, 11) is -3.30. The largest absolute Gasteiger partial charge is 0.316 e. The van der Waals surface area contributed by atoms with Gasteiger partial charge < -0.3 is 5.32 Å². The van der Waals surface area contributed by atoms with Gasteiger partial charge >= 0.3 is 0 Å². The Kier molecular flexibility index (Phi) is 4.64. The van der Waals surface area contributed by atoms with Gasteiger partial charge in [0.15, 0.2) is 0 Å². The van der Waals surface area contributed by atoms with E-state index >= 15 is 0 Å². The van der Waals surface area contributed by atoms with Gasteiger partial charge in [0.25, 0.3) is 10.2 Å².